The lowest BCUT2D eigenvalue weighted by Gasteiger charge is -2.23. The van der Waals surface area contributed by atoms with Crippen LogP contribution in [0, 0.1) is 5.82 Å². The maximum Gasteiger partial charge on any atom is 0.249 e. The smallest absolute Gasteiger partial charge is 0.249 e. The van der Waals surface area contributed by atoms with E-state index in [-0.39, 0.29) is 30.4 Å². The number of nitrogens with one attached hydrogen (secondary N) is 1. The molecule has 2 saturated heterocycles. The Hall–Kier alpha value is -2.06. The molecule has 0 saturated carbocycles. The van der Waals surface area contributed by atoms with Crippen molar-refractivity contribution in [1.82, 2.24) is 15.2 Å². The summed E-state index contributed by atoms with van der Waals surface area (Å²) in [7, 11) is 1.57. The Labute approximate surface area is 145 Å². The molecule has 1 aromatic heterocycles. The largest absolute Gasteiger partial charge is 0.383 e. The molecular weight excluding hydrogens is 329 g/mol. The van der Waals surface area contributed by atoms with Gasteiger partial charge in [-0.1, -0.05) is 0 Å². The Morgan fingerprint density at radius 3 is 3.04 bits per heavy atom. The number of pyridine rings is 1. The van der Waals surface area contributed by atoms with Crippen molar-refractivity contribution in [1.29, 1.82) is 0 Å². The van der Waals surface area contributed by atoms with Crippen LogP contribution in [0.5, 0.6) is 0 Å². The topological polar surface area (TPSA) is 80.8 Å². The Balaban J connectivity index is 1.55. The first-order chi connectivity index (χ1) is 12.1. The summed E-state index contributed by atoms with van der Waals surface area (Å²) in [5.41, 5.74) is 0.530. The van der Waals surface area contributed by atoms with Gasteiger partial charge in [0.25, 0.3) is 0 Å². The van der Waals surface area contributed by atoms with Gasteiger partial charge in [0.2, 0.25) is 11.8 Å². The molecule has 1 N–H and O–H groups in total. The highest BCUT2D eigenvalue weighted by molar-refractivity contribution is 5.82. The zero-order chi connectivity index (χ0) is 17.8. The van der Waals surface area contributed by atoms with Crippen LogP contribution in [0.3, 0.4) is 0 Å². The summed E-state index contributed by atoms with van der Waals surface area (Å²) < 4.78 is 23.6. The van der Waals surface area contributed by atoms with Gasteiger partial charge in [-0.2, -0.15) is 0 Å². The van der Waals surface area contributed by atoms with Crippen molar-refractivity contribution in [3.63, 3.8) is 0 Å². The molecule has 0 aromatic carbocycles. The van der Waals surface area contributed by atoms with E-state index in [1.54, 1.807) is 12.0 Å². The van der Waals surface area contributed by atoms with Crippen LogP contribution in [-0.2, 0) is 25.5 Å². The minimum absolute atomic E-state index is 0.0735. The second-order valence-electron chi connectivity index (χ2n) is 6.27. The number of halogens is 1. The van der Waals surface area contributed by atoms with Crippen LogP contribution in [-0.4, -0.2) is 66.8 Å². The molecule has 2 aliphatic rings. The fourth-order valence-electron chi connectivity index (χ4n) is 3.38. The number of carbonyl (C=O) groups excluding carboxylic acids is 2. The van der Waals surface area contributed by atoms with Gasteiger partial charge in [-0.25, -0.2) is 4.39 Å². The number of hydrogen-bond donors (Lipinski definition) is 1. The van der Waals surface area contributed by atoms with Crippen molar-refractivity contribution in [2.24, 2.45) is 0 Å². The lowest BCUT2D eigenvalue weighted by Crippen LogP contribution is -2.40. The minimum atomic E-state index is -0.536. The molecule has 3 heterocycles. The van der Waals surface area contributed by atoms with Crippen molar-refractivity contribution < 1.29 is 23.5 Å². The molecule has 3 rings (SSSR count). The number of carbonyl (C=O) groups is 2. The van der Waals surface area contributed by atoms with Crippen molar-refractivity contribution >= 4 is 11.8 Å². The van der Waals surface area contributed by atoms with E-state index in [1.807, 2.05) is 0 Å². The summed E-state index contributed by atoms with van der Waals surface area (Å²) in [6.45, 7) is 1.48. The lowest BCUT2D eigenvalue weighted by atomic mass is 10.1. The summed E-state index contributed by atoms with van der Waals surface area (Å²) in [4.78, 5) is 30.4. The van der Waals surface area contributed by atoms with Crippen LogP contribution in [0.15, 0.2) is 18.3 Å². The van der Waals surface area contributed by atoms with Crippen molar-refractivity contribution in [3.8, 4) is 0 Å². The molecule has 0 radical (unpaired) electrons. The SMILES string of the molecule is COCCNC(=O)[C@H]1C[C@@H]2[C@@H](CCN2C(=O)Cc2ccc(F)cn2)O1. The molecule has 0 unspecified atom stereocenters. The Kier molecular flexibility index (Phi) is 5.60. The number of fused-ring (bicyclic) bond motifs is 1. The van der Waals surface area contributed by atoms with E-state index in [4.69, 9.17) is 9.47 Å². The summed E-state index contributed by atoms with van der Waals surface area (Å²) in [5.74, 6) is -0.668. The normalized spacial score (nSPS) is 25.0. The number of aromatic nitrogens is 1. The van der Waals surface area contributed by atoms with Crippen LogP contribution < -0.4 is 5.32 Å². The van der Waals surface area contributed by atoms with Crippen LogP contribution in [0.1, 0.15) is 18.5 Å². The van der Waals surface area contributed by atoms with Gasteiger partial charge in [0.1, 0.15) is 11.9 Å². The standard InChI is InChI=1S/C17H22FN3O4/c1-24-7-5-19-17(23)15-9-13-14(25-15)4-6-21(13)16(22)8-12-3-2-11(18)10-20-12/h2-3,10,13-15H,4-9H2,1H3,(H,19,23)/t13-,14-,15-/m1/s1. The first-order valence-corrected chi connectivity index (χ1v) is 8.40. The second kappa shape index (κ2) is 7.88. The van der Waals surface area contributed by atoms with E-state index in [2.05, 4.69) is 10.3 Å². The monoisotopic (exact) mass is 351 g/mol. The summed E-state index contributed by atoms with van der Waals surface area (Å²) in [5, 5.41) is 2.77. The van der Waals surface area contributed by atoms with E-state index >= 15 is 0 Å². The zero-order valence-electron chi connectivity index (χ0n) is 14.1. The molecule has 0 spiro atoms. The lowest BCUT2D eigenvalue weighted by molar-refractivity contribution is -0.132. The average molecular weight is 351 g/mol. The van der Waals surface area contributed by atoms with E-state index in [1.165, 1.54) is 12.1 Å². The van der Waals surface area contributed by atoms with E-state index in [0.717, 1.165) is 12.6 Å². The van der Waals surface area contributed by atoms with Crippen LogP contribution in [0.25, 0.3) is 0 Å². The maximum atomic E-state index is 12.9. The fraction of sp³-hybridized carbons (Fsp3) is 0.588. The summed E-state index contributed by atoms with van der Waals surface area (Å²) in [6.07, 6.45) is 1.79. The fourth-order valence-corrected chi connectivity index (χ4v) is 3.38. The zero-order valence-corrected chi connectivity index (χ0v) is 14.1. The molecule has 1 aromatic rings. The molecular formula is C17H22FN3O4. The number of ether oxygens (including phenoxy) is 2. The number of nitrogens with zero attached hydrogens (tertiary/aromatic N) is 2. The molecule has 25 heavy (non-hydrogen) atoms. The third-order valence-corrected chi connectivity index (χ3v) is 4.62. The number of amides is 2. The first kappa shape index (κ1) is 17.8. The van der Waals surface area contributed by atoms with Crippen LogP contribution >= 0.6 is 0 Å². The quantitative estimate of drug-likeness (QED) is 0.745. The Morgan fingerprint density at radius 2 is 2.32 bits per heavy atom. The van der Waals surface area contributed by atoms with E-state index in [9.17, 15) is 14.0 Å². The highest BCUT2D eigenvalue weighted by Crippen LogP contribution is 2.33. The predicted molar refractivity (Wildman–Crippen MR) is 86.2 cm³/mol. The Bertz CT molecular complexity index is 625. The third-order valence-electron chi connectivity index (χ3n) is 4.62. The van der Waals surface area contributed by atoms with E-state index in [0.29, 0.717) is 31.8 Å². The highest BCUT2D eigenvalue weighted by atomic mass is 19.1. The molecule has 136 valence electrons. The van der Waals surface area contributed by atoms with Gasteiger partial charge in [-0.15, -0.1) is 0 Å². The van der Waals surface area contributed by atoms with E-state index < -0.39 is 11.9 Å². The molecule has 0 aliphatic carbocycles. The van der Waals surface area contributed by atoms with Gasteiger partial charge in [-0.05, 0) is 18.6 Å². The number of likely N-dealkylation sites (tertiary alicyclic amines) is 1. The van der Waals surface area contributed by atoms with Crippen LogP contribution in [0.2, 0.25) is 0 Å². The summed E-state index contributed by atoms with van der Waals surface area (Å²) in [6, 6.07) is 2.71. The second-order valence-corrected chi connectivity index (χ2v) is 6.27. The van der Waals surface area contributed by atoms with Crippen molar-refractivity contribution in [2.75, 3.05) is 26.8 Å². The van der Waals surface area contributed by atoms with Gasteiger partial charge < -0.3 is 19.7 Å². The third kappa shape index (κ3) is 4.13. The molecule has 0 bridgehead atoms. The molecule has 2 amide bonds. The van der Waals surface area contributed by atoms with Gasteiger partial charge in [0.15, 0.2) is 0 Å². The maximum absolute atomic E-state index is 12.9. The average Bonchev–Trinajstić information content (AvgIpc) is 3.17. The molecule has 8 heteroatoms. The Morgan fingerprint density at radius 1 is 1.48 bits per heavy atom. The summed E-state index contributed by atoms with van der Waals surface area (Å²) >= 11 is 0. The molecule has 7 nitrogen and oxygen atoms in total. The highest BCUT2D eigenvalue weighted by Gasteiger charge is 2.47. The van der Waals surface area contributed by atoms with Gasteiger partial charge >= 0.3 is 0 Å². The van der Waals surface area contributed by atoms with Gasteiger partial charge in [0, 0.05) is 32.3 Å². The molecule has 2 fully saturated rings. The van der Waals surface area contributed by atoms with Crippen LogP contribution in [0.4, 0.5) is 4.39 Å². The minimum Gasteiger partial charge on any atom is -0.383 e. The number of rotatable bonds is 6. The first-order valence-electron chi connectivity index (χ1n) is 8.40. The van der Waals surface area contributed by atoms with Gasteiger partial charge in [-0.3, -0.25) is 14.6 Å². The predicted octanol–water partition coefficient (Wildman–Crippen LogP) is 0.284. The van der Waals surface area contributed by atoms with Crippen molar-refractivity contribution in [2.45, 2.75) is 37.5 Å². The number of methoxy groups -OCH3 is 1. The number of hydrogen-bond acceptors (Lipinski definition) is 5. The van der Waals surface area contributed by atoms with Gasteiger partial charge in [0.05, 0.1) is 31.4 Å². The molecule has 2 aliphatic heterocycles. The van der Waals surface area contributed by atoms with Crippen molar-refractivity contribution in [3.05, 3.63) is 29.8 Å². The molecule has 3 atom stereocenters.